The fourth-order valence-corrected chi connectivity index (χ4v) is 2.65. The number of anilines is 1. The Bertz CT molecular complexity index is 517. The van der Waals surface area contributed by atoms with Gasteiger partial charge in [0.1, 0.15) is 11.4 Å². The number of benzene rings is 1. The Morgan fingerprint density at radius 1 is 1.36 bits per heavy atom. The average molecular weight is 306 g/mol. The molecule has 22 heavy (non-hydrogen) atoms. The molecule has 0 radical (unpaired) electrons. The Hall–Kier alpha value is -1.75. The van der Waals surface area contributed by atoms with Gasteiger partial charge in [0, 0.05) is 5.69 Å². The van der Waals surface area contributed by atoms with Crippen LogP contribution in [0.2, 0.25) is 0 Å². The number of phenols is 1. The first-order valence-electron chi connectivity index (χ1n) is 7.86. The summed E-state index contributed by atoms with van der Waals surface area (Å²) in [5, 5.41) is 16.1. The van der Waals surface area contributed by atoms with Crippen LogP contribution in [-0.2, 0) is 11.2 Å². The average Bonchev–Trinajstić information content (AvgIpc) is 2.41. The molecule has 0 aliphatic carbocycles. The van der Waals surface area contributed by atoms with Crippen molar-refractivity contribution < 1.29 is 14.6 Å². The molecule has 5 nitrogen and oxygen atoms in total. The summed E-state index contributed by atoms with van der Waals surface area (Å²) in [6.07, 6.45) is 2.58. The topological polar surface area (TPSA) is 70.6 Å². The number of ether oxygens (including phenoxy) is 1. The molecular formula is C17H26N2O3. The van der Waals surface area contributed by atoms with Crippen molar-refractivity contribution in [2.24, 2.45) is 5.92 Å². The van der Waals surface area contributed by atoms with Crippen molar-refractivity contribution in [1.82, 2.24) is 5.32 Å². The molecule has 0 spiro atoms. The van der Waals surface area contributed by atoms with Gasteiger partial charge in [0.15, 0.2) is 0 Å². The molecule has 1 aliphatic heterocycles. The van der Waals surface area contributed by atoms with Crippen molar-refractivity contribution in [1.29, 1.82) is 0 Å². The summed E-state index contributed by atoms with van der Waals surface area (Å²) in [6.45, 7) is 7.53. The van der Waals surface area contributed by atoms with Gasteiger partial charge in [0.05, 0.1) is 0 Å². The van der Waals surface area contributed by atoms with Crippen molar-refractivity contribution in [2.45, 2.75) is 45.6 Å². The number of amides is 1. The second-order valence-corrected chi connectivity index (χ2v) is 6.87. The molecule has 1 aromatic rings. The minimum atomic E-state index is -0.529. The third-order valence-electron chi connectivity index (χ3n) is 3.69. The zero-order valence-electron chi connectivity index (χ0n) is 13.6. The summed E-state index contributed by atoms with van der Waals surface area (Å²) in [5.74, 6) is 0.859. The summed E-state index contributed by atoms with van der Waals surface area (Å²) in [5.41, 5.74) is 0.996. The van der Waals surface area contributed by atoms with Gasteiger partial charge in [0.2, 0.25) is 0 Å². The fraction of sp³-hybridized carbons (Fsp3) is 0.588. The Morgan fingerprint density at radius 3 is 2.68 bits per heavy atom. The number of carbonyl (C=O) groups excluding carboxylic acids is 1. The zero-order valence-corrected chi connectivity index (χ0v) is 13.6. The molecule has 3 N–H and O–H groups in total. The normalized spacial score (nSPS) is 16.3. The van der Waals surface area contributed by atoms with Gasteiger partial charge in [-0.25, -0.2) is 4.79 Å². The van der Waals surface area contributed by atoms with Gasteiger partial charge in [-0.3, -0.25) is 5.32 Å². The monoisotopic (exact) mass is 306 g/mol. The summed E-state index contributed by atoms with van der Waals surface area (Å²) in [6, 6.07) is 5.15. The highest BCUT2D eigenvalue weighted by atomic mass is 16.6. The third-order valence-corrected chi connectivity index (χ3v) is 3.69. The van der Waals surface area contributed by atoms with Crippen LogP contribution in [0.4, 0.5) is 10.5 Å². The standard InChI is InChI=1S/C17H26N2O3/c1-17(2,3)22-16(21)19-14-4-5-15(20)13(11-14)10-12-6-8-18-9-7-12/h4-5,11-12,18,20H,6-10H2,1-3H3,(H,19,21). The summed E-state index contributed by atoms with van der Waals surface area (Å²) in [4.78, 5) is 11.8. The van der Waals surface area contributed by atoms with Crippen LogP contribution in [0, 0.1) is 5.92 Å². The van der Waals surface area contributed by atoms with Gasteiger partial charge in [0.25, 0.3) is 0 Å². The highest BCUT2D eigenvalue weighted by molar-refractivity contribution is 5.85. The molecule has 1 fully saturated rings. The largest absolute Gasteiger partial charge is 0.508 e. The maximum absolute atomic E-state index is 11.8. The lowest BCUT2D eigenvalue weighted by molar-refractivity contribution is 0.0636. The molecular weight excluding hydrogens is 280 g/mol. The highest BCUT2D eigenvalue weighted by Crippen LogP contribution is 2.27. The Labute approximate surface area is 132 Å². The smallest absolute Gasteiger partial charge is 0.412 e. The van der Waals surface area contributed by atoms with Gasteiger partial charge < -0.3 is 15.2 Å². The van der Waals surface area contributed by atoms with Crippen LogP contribution in [0.1, 0.15) is 39.2 Å². The van der Waals surface area contributed by atoms with E-state index >= 15 is 0 Å². The van der Waals surface area contributed by atoms with Gasteiger partial charge in [-0.15, -0.1) is 0 Å². The molecule has 0 atom stereocenters. The Kier molecular flexibility index (Phi) is 5.29. The SMILES string of the molecule is CC(C)(C)OC(=O)Nc1ccc(O)c(CC2CCNCC2)c1. The summed E-state index contributed by atoms with van der Waals surface area (Å²) >= 11 is 0. The van der Waals surface area contributed by atoms with Crippen molar-refractivity contribution >= 4 is 11.8 Å². The van der Waals surface area contributed by atoms with Crippen LogP contribution in [0.5, 0.6) is 5.75 Å². The fourth-order valence-electron chi connectivity index (χ4n) is 2.65. The predicted octanol–water partition coefficient (Wildman–Crippen LogP) is 3.28. The van der Waals surface area contributed by atoms with E-state index in [1.807, 2.05) is 26.8 Å². The first-order valence-corrected chi connectivity index (χ1v) is 7.86. The molecule has 0 bridgehead atoms. The Balaban J connectivity index is 2.01. The molecule has 1 aromatic carbocycles. The molecule has 1 aliphatic rings. The molecule has 0 aromatic heterocycles. The van der Waals surface area contributed by atoms with Gasteiger partial charge in [-0.1, -0.05) is 0 Å². The maximum Gasteiger partial charge on any atom is 0.412 e. The molecule has 0 saturated carbocycles. The number of hydrogen-bond acceptors (Lipinski definition) is 4. The van der Waals surface area contributed by atoms with Crippen LogP contribution < -0.4 is 10.6 Å². The van der Waals surface area contributed by atoms with Crippen LogP contribution in [0.15, 0.2) is 18.2 Å². The number of rotatable bonds is 3. The minimum absolute atomic E-state index is 0.285. The lowest BCUT2D eigenvalue weighted by Crippen LogP contribution is -2.28. The van der Waals surface area contributed by atoms with E-state index in [9.17, 15) is 9.90 Å². The van der Waals surface area contributed by atoms with Crippen LogP contribution >= 0.6 is 0 Å². The predicted molar refractivity (Wildman–Crippen MR) is 87.3 cm³/mol. The van der Waals surface area contributed by atoms with Gasteiger partial charge in [-0.2, -0.15) is 0 Å². The number of aromatic hydroxyl groups is 1. The van der Waals surface area contributed by atoms with Crippen molar-refractivity contribution in [3.8, 4) is 5.75 Å². The van der Waals surface area contributed by atoms with Crippen LogP contribution in [0.3, 0.4) is 0 Å². The maximum atomic E-state index is 11.8. The first kappa shape index (κ1) is 16.6. The van der Waals surface area contributed by atoms with Gasteiger partial charge >= 0.3 is 6.09 Å². The molecule has 5 heteroatoms. The number of phenolic OH excluding ortho intramolecular Hbond substituents is 1. The first-order chi connectivity index (χ1) is 10.3. The zero-order chi connectivity index (χ0) is 16.2. The quantitative estimate of drug-likeness (QED) is 0.750. The number of nitrogens with one attached hydrogen (secondary N) is 2. The number of piperidine rings is 1. The molecule has 122 valence electrons. The molecule has 1 heterocycles. The van der Waals surface area contributed by atoms with Crippen LogP contribution in [-0.4, -0.2) is 29.9 Å². The van der Waals surface area contributed by atoms with Crippen LogP contribution in [0.25, 0.3) is 0 Å². The van der Waals surface area contributed by atoms with E-state index < -0.39 is 11.7 Å². The van der Waals surface area contributed by atoms with Crippen molar-refractivity contribution in [2.75, 3.05) is 18.4 Å². The van der Waals surface area contributed by atoms with Crippen molar-refractivity contribution in [3.05, 3.63) is 23.8 Å². The van der Waals surface area contributed by atoms with E-state index in [0.29, 0.717) is 11.6 Å². The second-order valence-electron chi connectivity index (χ2n) is 6.87. The molecule has 2 rings (SSSR count). The minimum Gasteiger partial charge on any atom is -0.508 e. The molecule has 1 amide bonds. The number of carbonyl (C=O) groups is 1. The van der Waals surface area contributed by atoms with Crippen molar-refractivity contribution in [3.63, 3.8) is 0 Å². The van der Waals surface area contributed by atoms with Gasteiger partial charge in [-0.05, 0) is 82.8 Å². The third kappa shape index (κ3) is 5.22. The molecule has 0 unspecified atom stereocenters. The summed E-state index contributed by atoms with van der Waals surface area (Å²) < 4.78 is 5.24. The highest BCUT2D eigenvalue weighted by Gasteiger charge is 2.18. The molecule has 1 saturated heterocycles. The lowest BCUT2D eigenvalue weighted by atomic mass is 9.90. The summed E-state index contributed by atoms with van der Waals surface area (Å²) in [7, 11) is 0. The Morgan fingerprint density at radius 2 is 2.05 bits per heavy atom. The lowest BCUT2D eigenvalue weighted by Gasteiger charge is -2.23. The van der Waals surface area contributed by atoms with E-state index in [1.165, 1.54) is 0 Å². The van der Waals surface area contributed by atoms with E-state index in [4.69, 9.17) is 4.74 Å². The second kappa shape index (κ2) is 7.01. The number of hydrogen-bond donors (Lipinski definition) is 3. The van der Waals surface area contributed by atoms with E-state index in [-0.39, 0.29) is 5.75 Å². The van der Waals surface area contributed by atoms with E-state index in [0.717, 1.165) is 37.9 Å². The van der Waals surface area contributed by atoms with E-state index in [1.54, 1.807) is 12.1 Å². The van der Waals surface area contributed by atoms with E-state index in [2.05, 4.69) is 10.6 Å².